The maximum atomic E-state index is 13.3. The van der Waals surface area contributed by atoms with E-state index in [1.54, 1.807) is 7.05 Å². The van der Waals surface area contributed by atoms with Crippen molar-refractivity contribution in [2.75, 3.05) is 0 Å². The fourth-order valence-electron chi connectivity index (χ4n) is 2.77. The SMILES string of the molecule is Cn1cnc2c(=O)n(-c3ccc(F)cc3)c(Oc3cccc(C(F)(F)F)c3)nc21. The lowest BCUT2D eigenvalue weighted by molar-refractivity contribution is -0.137. The number of hydrogen-bond donors (Lipinski definition) is 0. The fourth-order valence-corrected chi connectivity index (χ4v) is 2.77. The van der Waals surface area contributed by atoms with Crippen LogP contribution in [0, 0.1) is 5.82 Å². The number of rotatable bonds is 3. The number of alkyl halides is 3. The lowest BCUT2D eigenvalue weighted by Gasteiger charge is -2.14. The molecule has 4 rings (SSSR count). The third kappa shape index (κ3) is 3.44. The van der Waals surface area contributed by atoms with Gasteiger partial charge < -0.3 is 9.30 Å². The van der Waals surface area contributed by atoms with E-state index in [1.165, 1.54) is 35.2 Å². The number of ether oxygens (including phenoxy) is 1. The Morgan fingerprint density at radius 1 is 1.07 bits per heavy atom. The summed E-state index contributed by atoms with van der Waals surface area (Å²) in [5.41, 5.74) is -1.07. The Bertz CT molecular complexity index is 1260. The molecule has 148 valence electrons. The van der Waals surface area contributed by atoms with Crippen LogP contribution in [-0.4, -0.2) is 19.1 Å². The second-order valence-corrected chi connectivity index (χ2v) is 6.17. The predicted octanol–water partition coefficient (Wildman–Crippen LogP) is 4.07. The number of hydrogen-bond acceptors (Lipinski definition) is 4. The van der Waals surface area contributed by atoms with Crippen LogP contribution in [0.3, 0.4) is 0 Å². The third-order valence-electron chi connectivity index (χ3n) is 4.16. The van der Waals surface area contributed by atoms with E-state index in [4.69, 9.17) is 4.74 Å². The lowest BCUT2D eigenvalue weighted by Crippen LogP contribution is -2.22. The predicted molar refractivity (Wildman–Crippen MR) is 95.6 cm³/mol. The first-order valence-corrected chi connectivity index (χ1v) is 8.29. The monoisotopic (exact) mass is 404 g/mol. The van der Waals surface area contributed by atoms with Crippen LogP contribution in [0.4, 0.5) is 17.6 Å². The van der Waals surface area contributed by atoms with Crippen molar-refractivity contribution in [1.29, 1.82) is 0 Å². The quantitative estimate of drug-likeness (QED) is 0.483. The normalized spacial score (nSPS) is 11.8. The molecule has 0 aliphatic carbocycles. The van der Waals surface area contributed by atoms with E-state index in [1.807, 2.05) is 0 Å². The molecule has 0 radical (unpaired) electrons. The third-order valence-corrected chi connectivity index (χ3v) is 4.16. The van der Waals surface area contributed by atoms with Crippen LogP contribution in [0.15, 0.2) is 59.7 Å². The molecule has 0 unspecified atom stereocenters. The van der Waals surface area contributed by atoms with Gasteiger partial charge in [-0.15, -0.1) is 0 Å². The summed E-state index contributed by atoms with van der Waals surface area (Å²) < 4.78 is 60.4. The van der Waals surface area contributed by atoms with Gasteiger partial charge in [0.1, 0.15) is 11.6 Å². The van der Waals surface area contributed by atoms with Crippen LogP contribution in [0.1, 0.15) is 5.56 Å². The molecule has 0 aliphatic rings. The molecule has 0 amide bonds. The summed E-state index contributed by atoms with van der Waals surface area (Å²) in [7, 11) is 1.61. The number of benzene rings is 2. The molecule has 0 atom stereocenters. The number of imidazole rings is 1. The molecule has 0 saturated heterocycles. The molecule has 4 aromatic rings. The van der Waals surface area contributed by atoms with Gasteiger partial charge in [-0.3, -0.25) is 4.79 Å². The van der Waals surface area contributed by atoms with Crippen LogP contribution >= 0.6 is 0 Å². The van der Waals surface area contributed by atoms with Crippen molar-refractivity contribution in [3.63, 3.8) is 0 Å². The van der Waals surface area contributed by atoms with E-state index in [0.717, 1.165) is 28.8 Å². The zero-order valence-electron chi connectivity index (χ0n) is 14.8. The van der Waals surface area contributed by atoms with Gasteiger partial charge in [0.25, 0.3) is 5.56 Å². The second kappa shape index (κ2) is 6.73. The van der Waals surface area contributed by atoms with E-state index >= 15 is 0 Å². The fraction of sp³-hybridized carbons (Fsp3) is 0.105. The Hall–Kier alpha value is -3.69. The molecule has 0 aliphatic heterocycles. The van der Waals surface area contributed by atoms with E-state index in [2.05, 4.69) is 9.97 Å². The molecule has 2 aromatic heterocycles. The highest BCUT2D eigenvalue weighted by Gasteiger charge is 2.31. The van der Waals surface area contributed by atoms with Gasteiger partial charge in [-0.25, -0.2) is 13.9 Å². The van der Waals surface area contributed by atoms with Crippen LogP contribution in [-0.2, 0) is 13.2 Å². The molecule has 0 fully saturated rings. The number of fused-ring (bicyclic) bond motifs is 1. The van der Waals surface area contributed by atoms with Gasteiger partial charge in [0.2, 0.25) is 0 Å². The van der Waals surface area contributed by atoms with E-state index in [9.17, 15) is 22.4 Å². The number of nitrogens with zero attached hydrogens (tertiary/aromatic N) is 4. The van der Waals surface area contributed by atoms with Crippen molar-refractivity contribution >= 4 is 11.2 Å². The Morgan fingerprint density at radius 3 is 2.48 bits per heavy atom. The Morgan fingerprint density at radius 2 is 1.79 bits per heavy atom. The molecule has 2 heterocycles. The van der Waals surface area contributed by atoms with Crippen molar-refractivity contribution in [3.8, 4) is 17.4 Å². The Kier molecular flexibility index (Phi) is 4.33. The number of halogens is 4. The average molecular weight is 404 g/mol. The first-order valence-electron chi connectivity index (χ1n) is 8.29. The molecule has 2 aromatic carbocycles. The highest BCUT2D eigenvalue weighted by molar-refractivity contribution is 5.70. The standard InChI is InChI=1S/C19H12F4N4O2/c1-26-10-24-15-16(26)25-18(27(17(15)28)13-7-5-12(20)6-8-13)29-14-4-2-3-11(9-14)19(21,22)23/h2-10H,1H3. The largest absolute Gasteiger partial charge is 0.425 e. The first kappa shape index (κ1) is 18.7. The van der Waals surface area contributed by atoms with E-state index < -0.39 is 23.1 Å². The minimum absolute atomic E-state index is 0.0354. The summed E-state index contributed by atoms with van der Waals surface area (Å²) in [6, 6.07) is 8.84. The van der Waals surface area contributed by atoms with E-state index in [0.29, 0.717) is 0 Å². The van der Waals surface area contributed by atoms with Crippen molar-refractivity contribution < 1.29 is 22.3 Å². The molecule has 6 nitrogen and oxygen atoms in total. The van der Waals surface area contributed by atoms with Crippen molar-refractivity contribution in [2.45, 2.75) is 6.18 Å². The van der Waals surface area contributed by atoms with Crippen molar-refractivity contribution in [2.24, 2.45) is 7.05 Å². The van der Waals surface area contributed by atoms with Crippen LogP contribution in [0.5, 0.6) is 11.8 Å². The van der Waals surface area contributed by atoms with Crippen molar-refractivity contribution in [1.82, 2.24) is 19.1 Å². The van der Waals surface area contributed by atoms with E-state index in [-0.39, 0.29) is 28.6 Å². The summed E-state index contributed by atoms with van der Waals surface area (Å²) in [6.07, 6.45) is -3.18. The summed E-state index contributed by atoms with van der Waals surface area (Å²) in [5, 5.41) is 0. The maximum Gasteiger partial charge on any atom is 0.416 e. The summed E-state index contributed by atoms with van der Waals surface area (Å²) in [6.45, 7) is 0. The van der Waals surface area contributed by atoms with Gasteiger partial charge in [0.05, 0.1) is 17.6 Å². The van der Waals surface area contributed by atoms with Crippen LogP contribution in [0.25, 0.3) is 16.9 Å². The second-order valence-electron chi connectivity index (χ2n) is 6.17. The Labute approximate surface area is 160 Å². The first-order chi connectivity index (χ1) is 13.7. The maximum absolute atomic E-state index is 13.3. The molecule has 29 heavy (non-hydrogen) atoms. The summed E-state index contributed by atoms with van der Waals surface area (Å²) in [5.74, 6) is -0.682. The van der Waals surface area contributed by atoms with Gasteiger partial charge in [0.15, 0.2) is 11.2 Å². The highest BCUT2D eigenvalue weighted by atomic mass is 19.4. The highest BCUT2D eigenvalue weighted by Crippen LogP contribution is 2.32. The van der Waals surface area contributed by atoms with Gasteiger partial charge in [0, 0.05) is 7.05 Å². The number of aromatic nitrogens is 4. The van der Waals surface area contributed by atoms with Crippen LogP contribution < -0.4 is 10.3 Å². The molecular formula is C19H12F4N4O2. The van der Waals surface area contributed by atoms with Gasteiger partial charge in [-0.2, -0.15) is 18.2 Å². The molecule has 10 heteroatoms. The van der Waals surface area contributed by atoms with Gasteiger partial charge in [-0.1, -0.05) is 6.07 Å². The summed E-state index contributed by atoms with van der Waals surface area (Å²) in [4.78, 5) is 21.2. The molecule has 0 saturated carbocycles. The zero-order chi connectivity index (χ0) is 20.8. The number of aryl methyl sites for hydroxylation is 1. The smallest absolute Gasteiger partial charge is 0.416 e. The van der Waals surface area contributed by atoms with Gasteiger partial charge in [-0.05, 0) is 42.5 Å². The Balaban J connectivity index is 1.91. The van der Waals surface area contributed by atoms with Crippen molar-refractivity contribution in [3.05, 3.63) is 76.6 Å². The zero-order valence-corrected chi connectivity index (χ0v) is 14.8. The topological polar surface area (TPSA) is 61.9 Å². The molecule has 0 bridgehead atoms. The minimum atomic E-state index is -4.56. The lowest BCUT2D eigenvalue weighted by atomic mass is 10.2. The minimum Gasteiger partial charge on any atom is -0.425 e. The van der Waals surface area contributed by atoms with Crippen LogP contribution in [0.2, 0.25) is 0 Å². The molecular weight excluding hydrogens is 392 g/mol. The molecule has 0 spiro atoms. The molecule has 0 N–H and O–H groups in total. The summed E-state index contributed by atoms with van der Waals surface area (Å²) >= 11 is 0. The average Bonchev–Trinajstić information content (AvgIpc) is 3.04. The van der Waals surface area contributed by atoms with Gasteiger partial charge >= 0.3 is 12.2 Å².